The van der Waals surface area contributed by atoms with Crippen molar-refractivity contribution < 1.29 is 8.42 Å². The molecule has 0 spiro atoms. The van der Waals surface area contributed by atoms with E-state index in [1.165, 1.54) is 6.26 Å². The van der Waals surface area contributed by atoms with Crippen LogP contribution in [0.5, 0.6) is 0 Å². The maximum Gasteiger partial charge on any atom is 0.190 e. The Labute approximate surface area is 172 Å². The monoisotopic (exact) mass is 488 g/mol. The number of hydrogen-bond acceptors (Lipinski definition) is 4. The van der Waals surface area contributed by atoms with Crippen LogP contribution in [0.2, 0.25) is 0 Å². The average Bonchev–Trinajstić information content (AvgIpc) is 2.61. The minimum Gasteiger partial charge on any atom is -0.356 e. The van der Waals surface area contributed by atoms with Gasteiger partial charge in [-0.05, 0) is 36.2 Å². The zero-order valence-corrected chi connectivity index (χ0v) is 18.1. The van der Waals surface area contributed by atoms with Crippen molar-refractivity contribution in [1.29, 1.82) is 0 Å². The third kappa shape index (κ3) is 7.69. The van der Waals surface area contributed by atoms with Crippen LogP contribution in [-0.2, 0) is 22.7 Å². The molecule has 0 amide bonds. The Hall–Kier alpha value is -1.68. The van der Waals surface area contributed by atoms with E-state index in [2.05, 4.69) is 20.6 Å². The molecule has 2 aromatic rings. The summed E-state index contributed by atoms with van der Waals surface area (Å²) in [5.74, 6) is 0.740. The van der Waals surface area contributed by atoms with Crippen molar-refractivity contribution in [3.8, 4) is 0 Å². The number of aliphatic imine (C=N–C) groups is 1. The summed E-state index contributed by atoms with van der Waals surface area (Å²) in [5.41, 5.74) is 2.11. The van der Waals surface area contributed by atoms with Gasteiger partial charge in [-0.25, -0.2) is 8.42 Å². The molecule has 26 heavy (non-hydrogen) atoms. The van der Waals surface area contributed by atoms with Crippen LogP contribution in [0, 0.1) is 0 Å². The van der Waals surface area contributed by atoms with Crippen molar-refractivity contribution in [2.75, 3.05) is 26.4 Å². The number of hydrogen-bond donors (Lipinski definition) is 2. The first-order valence-corrected chi connectivity index (χ1v) is 10.0. The maximum absolute atomic E-state index is 11.4. The van der Waals surface area contributed by atoms with Gasteiger partial charge < -0.3 is 10.6 Å². The molecule has 0 radical (unpaired) electrons. The lowest BCUT2D eigenvalue weighted by Gasteiger charge is -2.12. The molecule has 0 atom stereocenters. The first-order valence-electron chi connectivity index (χ1n) is 8.12. The summed E-state index contributed by atoms with van der Waals surface area (Å²) in [6.07, 6.45) is 4.61. The van der Waals surface area contributed by atoms with Gasteiger partial charge in [-0.3, -0.25) is 9.98 Å². The summed E-state index contributed by atoms with van der Waals surface area (Å²) in [4.78, 5) is 8.82. The van der Waals surface area contributed by atoms with Crippen molar-refractivity contribution in [3.63, 3.8) is 0 Å². The Bertz CT molecular complexity index is 794. The Morgan fingerprint density at radius 3 is 2.23 bits per heavy atom. The molecule has 0 saturated carbocycles. The van der Waals surface area contributed by atoms with Crippen LogP contribution in [0.1, 0.15) is 11.3 Å². The summed E-state index contributed by atoms with van der Waals surface area (Å²) in [5, 5.41) is 6.50. The lowest BCUT2D eigenvalue weighted by molar-refractivity contribution is 0.602. The average molecular weight is 488 g/mol. The van der Waals surface area contributed by atoms with Gasteiger partial charge in [0.2, 0.25) is 0 Å². The molecule has 1 aromatic heterocycles. The second kappa shape index (κ2) is 11.1. The van der Waals surface area contributed by atoms with Crippen molar-refractivity contribution in [2.24, 2.45) is 4.99 Å². The van der Waals surface area contributed by atoms with E-state index in [9.17, 15) is 8.42 Å². The second-order valence-electron chi connectivity index (χ2n) is 5.66. The molecule has 0 aliphatic heterocycles. The number of rotatable bonds is 7. The molecule has 1 aromatic carbocycles. The highest BCUT2D eigenvalue weighted by atomic mass is 127. The van der Waals surface area contributed by atoms with Crippen molar-refractivity contribution in [2.45, 2.75) is 17.7 Å². The van der Waals surface area contributed by atoms with E-state index < -0.39 is 9.84 Å². The smallest absolute Gasteiger partial charge is 0.190 e. The van der Waals surface area contributed by atoms with Gasteiger partial charge in [-0.2, -0.15) is 0 Å². The molecule has 2 N–H and O–H groups in total. The zero-order chi connectivity index (χ0) is 18.1. The van der Waals surface area contributed by atoms with Crippen LogP contribution in [0.25, 0.3) is 0 Å². The Morgan fingerprint density at radius 1 is 1.04 bits per heavy atom. The molecule has 0 bridgehead atoms. The molecule has 0 unspecified atom stereocenters. The normalized spacial score (nSPS) is 11.5. The van der Waals surface area contributed by atoms with E-state index in [0.29, 0.717) is 11.4 Å². The Kier molecular flexibility index (Phi) is 9.57. The molecule has 1 heterocycles. The minimum atomic E-state index is -3.14. The second-order valence-corrected chi connectivity index (χ2v) is 7.68. The standard InChI is InChI=1S/C18H24N4O2S.HI/c1-19-18(22-14-11-16-5-3-4-12-20-16)21-13-10-15-6-8-17(9-7-15)25(2,23)24;/h3-9,12H,10-11,13-14H2,1-2H3,(H2,19,21,22);1H. The van der Waals surface area contributed by atoms with Crippen LogP contribution < -0.4 is 10.6 Å². The quantitative estimate of drug-likeness (QED) is 0.354. The molecular weight excluding hydrogens is 463 g/mol. The fraction of sp³-hybridized carbons (Fsp3) is 0.333. The first kappa shape index (κ1) is 22.4. The number of aromatic nitrogens is 1. The van der Waals surface area contributed by atoms with Crippen LogP contribution in [0.15, 0.2) is 58.5 Å². The van der Waals surface area contributed by atoms with Crippen LogP contribution >= 0.6 is 24.0 Å². The first-order chi connectivity index (χ1) is 12.0. The van der Waals surface area contributed by atoms with E-state index >= 15 is 0 Å². The van der Waals surface area contributed by atoms with Crippen LogP contribution in [0.4, 0.5) is 0 Å². The lowest BCUT2D eigenvalue weighted by atomic mass is 10.1. The molecule has 2 rings (SSSR count). The van der Waals surface area contributed by atoms with Gasteiger partial charge in [0.05, 0.1) is 4.90 Å². The number of guanidine groups is 1. The Balaban J connectivity index is 0.00000338. The Morgan fingerprint density at radius 2 is 1.69 bits per heavy atom. The van der Waals surface area contributed by atoms with Gasteiger partial charge in [0.15, 0.2) is 15.8 Å². The summed E-state index contributed by atoms with van der Waals surface area (Å²) in [6, 6.07) is 12.8. The fourth-order valence-corrected chi connectivity index (χ4v) is 2.93. The highest BCUT2D eigenvalue weighted by Gasteiger charge is 2.06. The molecule has 0 aliphatic rings. The molecule has 142 valence electrons. The molecule has 0 fully saturated rings. The molecule has 0 aliphatic carbocycles. The van der Waals surface area contributed by atoms with Crippen LogP contribution in [-0.4, -0.2) is 45.8 Å². The van der Waals surface area contributed by atoms with Crippen molar-refractivity contribution >= 4 is 39.8 Å². The van der Waals surface area contributed by atoms with E-state index in [1.54, 1.807) is 25.4 Å². The minimum absolute atomic E-state index is 0. The molecular formula is C18H25IN4O2S. The summed E-state index contributed by atoms with van der Waals surface area (Å²) in [7, 11) is -1.41. The van der Waals surface area contributed by atoms with Gasteiger partial charge in [0, 0.05) is 44.7 Å². The number of nitrogens with zero attached hydrogens (tertiary/aromatic N) is 2. The predicted octanol–water partition coefficient (Wildman–Crippen LogP) is 2.05. The lowest BCUT2D eigenvalue weighted by Crippen LogP contribution is -2.39. The number of pyridine rings is 1. The summed E-state index contributed by atoms with van der Waals surface area (Å²) in [6.45, 7) is 1.46. The van der Waals surface area contributed by atoms with E-state index in [1.807, 2.05) is 30.3 Å². The number of benzene rings is 1. The summed E-state index contributed by atoms with van der Waals surface area (Å²) >= 11 is 0. The van der Waals surface area contributed by atoms with E-state index in [0.717, 1.165) is 36.6 Å². The highest BCUT2D eigenvalue weighted by molar-refractivity contribution is 14.0. The topological polar surface area (TPSA) is 83.5 Å². The van der Waals surface area contributed by atoms with Gasteiger partial charge >= 0.3 is 0 Å². The number of sulfone groups is 1. The van der Waals surface area contributed by atoms with E-state index in [-0.39, 0.29) is 24.0 Å². The van der Waals surface area contributed by atoms with Gasteiger partial charge in [0.1, 0.15) is 0 Å². The largest absolute Gasteiger partial charge is 0.356 e. The van der Waals surface area contributed by atoms with Crippen molar-refractivity contribution in [3.05, 3.63) is 59.9 Å². The maximum atomic E-state index is 11.4. The van der Waals surface area contributed by atoms with Gasteiger partial charge in [0.25, 0.3) is 0 Å². The molecule has 0 saturated heterocycles. The predicted molar refractivity (Wildman–Crippen MR) is 116 cm³/mol. The third-order valence-corrected chi connectivity index (χ3v) is 4.81. The SMILES string of the molecule is CN=C(NCCc1ccc(S(C)(=O)=O)cc1)NCCc1ccccn1.I. The third-order valence-electron chi connectivity index (χ3n) is 3.68. The summed E-state index contributed by atoms with van der Waals surface area (Å²) < 4.78 is 22.9. The van der Waals surface area contributed by atoms with Gasteiger partial charge in [-0.15, -0.1) is 24.0 Å². The fourth-order valence-electron chi connectivity index (χ4n) is 2.30. The number of halogens is 1. The van der Waals surface area contributed by atoms with Crippen molar-refractivity contribution in [1.82, 2.24) is 15.6 Å². The van der Waals surface area contributed by atoms with Gasteiger partial charge in [-0.1, -0.05) is 18.2 Å². The molecule has 6 nitrogen and oxygen atoms in total. The number of nitrogens with one attached hydrogen (secondary N) is 2. The highest BCUT2D eigenvalue weighted by Crippen LogP contribution is 2.10. The zero-order valence-electron chi connectivity index (χ0n) is 15.0. The van der Waals surface area contributed by atoms with E-state index in [4.69, 9.17) is 0 Å². The van der Waals surface area contributed by atoms with Crippen LogP contribution in [0.3, 0.4) is 0 Å². The molecule has 8 heteroatoms.